The minimum absolute atomic E-state index is 0.0897. The van der Waals surface area contributed by atoms with Gasteiger partial charge in [0.2, 0.25) is 11.8 Å². The van der Waals surface area contributed by atoms with Gasteiger partial charge in [0.25, 0.3) is 5.91 Å². The molecule has 3 amide bonds. The number of piperidine rings is 1. The molecule has 188 valence electrons. The number of imide groups is 1. The van der Waals surface area contributed by atoms with Gasteiger partial charge in [-0.3, -0.25) is 24.6 Å². The largest absolute Gasteiger partial charge is 0.489 e. The number of nitrogens with zero attached hydrogens (tertiary/aromatic N) is 4. The Morgan fingerprint density at radius 3 is 2.58 bits per heavy atom. The van der Waals surface area contributed by atoms with E-state index in [0.717, 1.165) is 54.0 Å². The van der Waals surface area contributed by atoms with Crippen LogP contribution in [-0.4, -0.2) is 68.8 Å². The molecule has 0 unspecified atom stereocenters. The third-order valence-corrected chi connectivity index (χ3v) is 8.24. The molecule has 1 aliphatic carbocycles. The smallest absolute Gasteiger partial charge is 0.255 e. The van der Waals surface area contributed by atoms with Gasteiger partial charge in [-0.15, -0.1) is 0 Å². The summed E-state index contributed by atoms with van der Waals surface area (Å²) in [5.74, 6) is 1.17. The van der Waals surface area contributed by atoms with Crippen molar-refractivity contribution in [3.8, 4) is 5.75 Å². The van der Waals surface area contributed by atoms with Crippen LogP contribution < -0.4 is 10.1 Å². The third-order valence-electron chi connectivity index (χ3n) is 7.83. The number of likely N-dealkylation sites (tertiary alicyclic amines) is 1. The predicted molar refractivity (Wildman–Crippen MR) is 133 cm³/mol. The highest BCUT2D eigenvalue weighted by Gasteiger charge is 2.41. The fourth-order valence-corrected chi connectivity index (χ4v) is 6.12. The van der Waals surface area contributed by atoms with Crippen molar-refractivity contribution >= 4 is 33.7 Å². The van der Waals surface area contributed by atoms with Gasteiger partial charge < -0.3 is 9.64 Å². The standard InChI is InChI=1S/C26H28BrN5O4/c27-17-10-28-24(29-11-17)16-12-31(13-16)20-3-1-2-4-22(20)36-18-5-6-19-15(9-18)14-32(26(19)35)21-7-8-23(33)30-25(21)34/h5-6,9-11,16,20-22H,1-4,7-8,12-14H2,(H,30,33,34)/t20-,21-,22-/m1/s1. The molecule has 9 nitrogen and oxygen atoms in total. The Kier molecular flexibility index (Phi) is 6.25. The second-order valence-electron chi connectivity index (χ2n) is 10.1. The van der Waals surface area contributed by atoms with Crippen LogP contribution >= 0.6 is 15.9 Å². The molecule has 2 saturated heterocycles. The zero-order valence-electron chi connectivity index (χ0n) is 19.9. The second kappa shape index (κ2) is 9.55. The number of nitrogens with one attached hydrogen (secondary N) is 1. The fraction of sp³-hybridized carbons (Fsp3) is 0.500. The average molecular weight is 554 g/mol. The van der Waals surface area contributed by atoms with E-state index in [1.165, 1.54) is 6.42 Å². The molecule has 10 heteroatoms. The predicted octanol–water partition coefficient (Wildman–Crippen LogP) is 2.79. The number of rotatable bonds is 5. The lowest BCUT2D eigenvalue weighted by atomic mass is 9.86. The first kappa shape index (κ1) is 23.5. The lowest BCUT2D eigenvalue weighted by Crippen LogP contribution is -2.57. The summed E-state index contributed by atoms with van der Waals surface area (Å²) in [7, 11) is 0. The van der Waals surface area contributed by atoms with Gasteiger partial charge in [0.05, 0.1) is 4.47 Å². The second-order valence-corrected chi connectivity index (χ2v) is 11.1. The van der Waals surface area contributed by atoms with Crippen molar-refractivity contribution in [3.05, 3.63) is 52.0 Å². The summed E-state index contributed by atoms with van der Waals surface area (Å²) in [4.78, 5) is 49.8. The molecule has 1 N–H and O–H groups in total. The molecule has 1 aromatic carbocycles. The third kappa shape index (κ3) is 4.41. The van der Waals surface area contributed by atoms with E-state index in [9.17, 15) is 14.4 Å². The molecule has 6 rings (SSSR count). The first-order valence-corrected chi connectivity index (χ1v) is 13.4. The van der Waals surface area contributed by atoms with E-state index in [4.69, 9.17) is 4.74 Å². The highest BCUT2D eigenvalue weighted by Crippen LogP contribution is 2.36. The summed E-state index contributed by atoms with van der Waals surface area (Å²) >= 11 is 3.40. The minimum Gasteiger partial charge on any atom is -0.489 e. The Morgan fingerprint density at radius 1 is 1.03 bits per heavy atom. The molecule has 0 radical (unpaired) electrons. The summed E-state index contributed by atoms with van der Waals surface area (Å²) in [5, 5.41) is 2.35. The number of hydrogen-bond donors (Lipinski definition) is 1. The van der Waals surface area contributed by atoms with Crippen LogP contribution in [0.4, 0.5) is 0 Å². The number of aromatic nitrogens is 2. The van der Waals surface area contributed by atoms with Crippen molar-refractivity contribution in [2.45, 2.75) is 69.2 Å². The van der Waals surface area contributed by atoms with Crippen LogP contribution in [0.2, 0.25) is 0 Å². The number of fused-ring (bicyclic) bond motifs is 1. The van der Waals surface area contributed by atoms with Gasteiger partial charge in [0.15, 0.2) is 0 Å². The molecular formula is C26H28BrN5O4. The Bertz CT molecular complexity index is 1200. The van der Waals surface area contributed by atoms with Crippen LogP contribution in [0, 0.1) is 0 Å². The van der Waals surface area contributed by atoms with Crippen molar-refractivity contribution in [2.24, 2.45) is 0 Å². The van der Waals surface area contributed by atoms with Gasteiger partial charge in [0.1, 0.15) is 23.7 Å². The maximum Gasteiger partial charge on any atom is 0.255 e. The highest BCUT2D eigenvalue weighted by atomic mass is 79.9. The van der Waals surface area contributed by atoms with E-state index in [1.807, 2.05) is 12.1 Å². The van der Waals surface area contributed by atoms with E-state index in [1.54, 1.807) is 23.4 Å². The van der Waals surface area contributed by atoms with Crippen molar-refractivity contribution < 1.29 is 19.1 Å². The van der Waals surface area contributed by atoms with Crippen LogP contribution in [0.15, 0.2) is 35.1 Å². The van der Waals surface area contributed by atoms with Gasteiger partial charge in [-0.1, -0.05) is 6.42 Å². The minimum atomic E-state index is -0.608. The van der Waals surface area contributed by atoms with Gasteiger partial charge in [-0.2, -0.15) is 0 Å². The van der Waals surface area contributed by atoms with Gasteiger partial charge in [-0.25, -0.2) is 9.97 Å². The van der Waals surface area contributed by atoms with E-state index in [2.05, 4.69) is 36.1 Å². The summed E-state index contributed by atoms with van der Waals surface area (Å²) in [6, 6.07) is 5.36. The topological polar surface area (TPSA) is 105 Å². The zero-order chi connectivity index (χ0) is 24.8. The molecule has 0 bridgehead atoms. The fourth-order valence-electron chi connectivity index (χ4n) is 5.91. The van der Waals surface area contributed by atoms with E-state index in [-0.39, 0.29) is 24.3 Å². The van der Waals surface area contributed by atoms with Crippen molar-refractivity contribution in [2.75, 3.05) is 13.1 Å². The Labute approximate surface area is 217 Å². The van der Waals surface area contributed by atoms with Crippen LogP contribution in [0.5, 0.6) is 5.75 Å². The van der Waals surface area contributed by atoms with Gasteiger partial charge >= 0.3 is 0 Å². The summed E-state index contributed by atoms with van der Waals surface area (Å²) in [5.41, 5.74) is 1.47. The van der Waals surface area contributed by atoms with Crippen LogP contribution in [0.1, 0.15) is 66.2 Å². The molecule has 1 aromatic heterocycles. The molecule has 4 aliphatic rings. The summed E-state index contributed by atoms with van der Waals surface area (Å²) in [6.45, 7) is 2.23. The molecule has 3 atom stereocenters. The molecule has 1 saturated carbocycles. The molecule has 3 fully saturated rings. The number of ether oxygens (including phenoxy) is 1. The van der Waals surface area contributed by atoms with E-state index in [0.29, 0.717) is 30.5 Å². The van der Waals surface area contributed by atoms with Crippen LogP contribution in [0.3, 0.4) is 0 Å². The van der Waals surface area contributed by atoms with Gasteiger partial charge in [-0.05, 0) is 65.4 Å². The number of benzene rings is 1. The molecule has 4 heterocycles. The number of carbonyl (C=O) groups is 3. The summed E-state index contributed by atoms with van der Waals surface area (Å²) in [6.07, 6.45) is 8.74. The monoisotopic (exact) mass is 553 g/mol. The normalized spacial score (nSPS) is 27.0. The highest BCUT2D eigenvalue weighted by molar-refractivity contribution is 9.10. The van der Waals surface area contributed by atoms with Gasteiger partial charge in [0, 0.05) is 56.0 Å². The first-order valence-electron chi connectivity index (χ1n) is 12.6. The van der Waals surface area contributed by atoms with E-state index < -0.39 is 11.9 Å². The number of halogens is 1. The number of hydrogen-bond acceptors (Lipinski definition) is 7. The quantitative estimate of drug-likeness (QED) is 0.567. The Hall–Kier alpha value is -2.85. The SMILES string of the molecule is O=C1CC[C@@H](N2Cc3cc(O[C@@H]4CCCC[C@H]4N4CC(c5ncc(Br)cn5)C4)ccc3C2=O)C(=O)N1. The van der Waals surface area contributed by atoms with Crippen molar-refractivity contribution in [1.29, 1.82) is 0 Å². The first-order chi connectivity index (χ1) is 17.5. The lowest BCUT2D eigenvalue weighted by Gasteiger charge is -2.47. The average Bonchev–Trinajstić information content (AvgIpc) is 3.16. The van der Waals surface area contributed by atoms with Crippen molar-refractivity contribution in [1.82, 2.24) is 25.1 Å². The molecular weight excluding hydrogens is 526 g/mol. The van der Waals surface area contributed by atoms with E-state index >= 15 is 0 Å². The van der Waals surface area contributed by atoms with Crippen molar-refractivity contribution in [3.63, 3.8) is 0 Å². The van der Waals surface area contributed by atoms with Crippen LogP contribution in [0.25, 0.3) is 0 Å². The zero-order valence-corrected chi connectivity index (χ0v) is 21.4. The molecule has 3 aliphatic heterocycles. The molecule has 0 spiro atoms. The Balaban J connectivity index is 1.11. The van der Waals surface area contributed by atoms with Crippen LogP contribution in [-0.2, 0) is 16.1 Å². The number of carbonyl (C=O) groups excluding carboxylic acids is 3. The number of amides is 3. The lowest BCUT2D eigenvalue weighted by molar-refractivity contribution is -0.136. The molecule has 2 aromatic rings. The molecule has 36 heavy (non-hydrogen) atoms. The Morgan fingerprint density at radius 2 is 1.81 bits per heavy atom. The maximum absolute atomic E-state index is 13.0. The maximum atomic E-state index is 13.0. The summed E-state index contributed by atoms with van der Waals surface area (Å²) < 4.78 is 7.41.